The molecule has 0 aliphatic carbocycles. The van der Waals surface area contributed by atoms with Crippen molar-refractivity contribution < 1.29 is 17.9 Å². The molecule has 1 amide bonds. The molecule has 2 saturated heterocycles. The number of carbonyl (C=O) groups is 1. The Morgan fingerprint density at radius 2 is 1.76 bits per heavy atom. The highest BCUT2D eigenvalue weighted by Gasteiger charge is 2.35. The maximum atomic E-state index is 13.0. The van der Waals surface area contributed by atoms with Crippen molar-refractivity contribution in [2.75, 3.05) is 39.3 Å². The number of nitrogens with zero attached hydrogens (tertiary/aromatic N) is 3. The maximum absolute atomic E-state index is 13.0. The van der Waals surface area contributed by atoms with Gasteiger partial charge in [-0.2, -0.15) is 4.31 Å². The number of hydrogen-bond acceptors (Lipinski definition) is 6. The summed E-state index contributed by atoms with van der Waals surface area (Å²) >= 11 is 0. The number of fused-ring (bicyclic) bond motifs is 1. The van der Waals surface area contributed by atoms with Gasteiger partial charge < -0.3 is 15.0 Å². The Morgan fingerprint density at radius 3 is 2.43 bits per heavy atom. The van der Waals surface area contributed by atoms with Gasteiger partial charge in [0.2, 0.25) is 10.0 Å². The third-order valence-corrected chi connectivity index (χ3v) is 10.1. The second kappa shape index (κ2) is 11.1. The van der Waals surface area contributed by atoms with Crippen LogP contribution in [0.3, 0.4) is 0 Å². The summed E-state index contributed by atoms with van der Waals surface area (Å²) < 4.78 is 32.6. The topological polar surface area (TPSA) is 82.2 Å². The van der Waals surface area contributed by atoms with Crippen LogP contribution in [-0.2, 0) is 29.7 Å². The lowest BCUT2D eigenvalue weighted by Gasteiger charge is -2.34. The van der Waals surface area contributed by atoms with Crippen LogP contribution in [0.5, 0.6) is 5.75 Å². The van der Waals surface area contributed by atoms with Gasteiger partial charge in [-0.05, 0) is 56.5 Å². The van der Waals surface area contributed by atoms with E-state index in [4.69, 9.17) is 4.74 Å². The highest BCUT2D eigenvalue weighted by Crippen LogP contribution is 2.33. The largest absolute Gasteiger partial charge is 0.489 e. The zero-order valence-electron chi connectivity index (χ0n) is 21.9. The van der Waals surface area contributed by atoms with Gasteiger partial charge in [-0.1, -0.05) is 30.3 Å². The number of nitrogens with one attached hydrogen (secondary N) is 1. The van der Waals surface area contributed by atoms with Crippen molar-refractivity contribution in [2.45, 2.75) is 57.7 Å². The number of benzene rings is 2. The van der Waals surface area contributed by atoms with Gasteiger partial charge in [-0.15, -0.1) is 0 Å². The van der Waals surface area contributed by atoms with Gasteiger partial charge in [0.15, 0.2) is 0 Å². The molecule has 0 saturated carbocycles. The summed E-state index contributed by atoms with van der Waals surface area (Å²) in [6.45, 7) is 9.79. The van der Waals surface area contributed by atoms with Gasteiger partial charge in [-0.25, -0.2) is 8.42 Å². The number of piperazine rings is 1. The van der Waals surface area contributed by atoms with E-state index in [1.54, 1.807) is 18.2 Å². The van der Waals surface area contributed by atoms with Crippen molar-refractivity contribution in [3.8, 4) is 5.75 Å². The molecule has 1 atom stereocenters. The molecule has 2 aromatic rings. The average molecular weight is 527 g/mol. The maximum Gasteiger partial charge on any atom is 0.254 e. The smallest absolute Gasteiger partial charge is 0.254 e. The van der Waals surface area contributed by atoms with E-state index in [0.29, 0.717) is 26.2 Å². The molecule has 0 spiro atoms. The normalized spacial score (nSPS) is 21.4. The molecule has 37 heavy (non-hydrogen) atoms. The van der Waals surface area contributed by atoms with Crippen LogP contribution in [0.2, 0.25) is 0 Å². The van der Waals surface area contributed by atoms with E-state index in [1.807, 2.05) is 23.1 Å². The standard InChI is InChI=1S/C28H38N4O4S/c1-21(2)37(34,35)31-15-13-30(14-16-31)18-22-8-10-23(11-9-22)20-36-27-7-3-6-25-26(27)19-32(28(25)33)24-5-4-12-29-17-24/h3,6-11,21,24,29H,4-5,12-20H2,1-2H3. The Bertz CT molecular complexity index is 1200. The fraction of sp³-hybridized carbons (Fsp3) is 0.536. The Balaban J connectivity index is 1.15. The van der Waals surface area contributed by atoms with E-state index in [1.165, 1.54) is 5.56 Å². The van der Waals surface area contributed by atoms with E-state index in [0.717, 1.165) is 68.0 Å². The summed E-state index contributed by atoms with van der Waals surface area (Å²) in [6.07, 6.45) is 2.14. The van der Waals surface area contributed by atoms with E-state index >= 15 is 0 Å². The van der Waals surface area contributed by atoms with E-state index in [9.17, 15) is 13.2 Å². The van der Waals surface area contributed by atoms with Crippen LogP contribution >= 0.6 is 0 Å². The Kier molecular flexibility index (Phi) is 7.85. The number of hydrogen-bond donors (Lipinski definition) is 1. The first-order valence-corrected chi connectivity index (χ1v) is 14.9. The summed E-state index contributed by atoms with van der Waals surface area (Å²) in [5.41, 5.74) is 4.03. The first-order chi connectivity index (χ1) is 17.8. The molecule has 200 valence electrons. The van der Waals surface area contributed by atoms with Crippen molar-refractivity contribution in [1.29, 1.82) is 0 Å². The third kappa shape index (κ3) is 5.70. The number of rotatable bonds is 8. The zero-order valence-corrected chi connectivity index (χ0v) is 22.7. The third-order valence-electron chi connectivity index (χ3n) is 7.77. The molecule has 2 aromatic carbocycles. The highest BCUT2D eigenvalue weighted by atomic mass is 32.2. The Labute approximate surface area is 220 Å². The lowest BCUT2D eigenvalue weighted by molar-refractivity contribution is 0.0674. The molecule has 1 N–H and O–H groups in total. The second-order valence-electron chi connectivity index (χ2n) is 10.6. The van der Waals surface area contributed by atoms with E-state index in [-0.39, 0.29) is 17.2 Å². The van der Waals surface area contributed by atoms with Crippen LogP contribution in [0.4, 0.5) is 0 Å². The van der Waals surface area contributed by atoms with Crippen molar-refractivity contribution in [3.05, 3.63) is 64.7 Å². The zero-order chi connectivity index (χ0) is 26.0. The van der Waals surface area contributed by atoms with Crippen molar-refractivity contribution in [1.82, 2.24) is 19.4 Å². The van der Waals surface area contributed by atoms with Gasteiger partial charge in [0.1, 0.15) is 12.4 Å². The molecule has 1 unspecified atom stereocenters. The SMILES string of the molecule is CC(C)S(=O)(=O)N1CCN(Cc2ccc(COc3cccc4c3CN(C3CCCNC3)C4=O)cc2)CC1. The van der Waals surface area contributed by atoms with Crippen molar-refractivity contribution >= 4 is 15.9 Å². The molecule has 9 heteroatoms. The molecule has 0 aromatic heterocycles. The van der Waals surface area contributed by atoms with E-state index in [2.05, 4.69) is 34.5 Å². The molecule has 3 aliphatic rings. The fourth-order valence-corrected chi connectivity index (χ4v) is 6.72. The summed E-state index contributed by atoms with van der Waals surface area (Å²) in [5.74, 6) is 0.900. The van der Waals surface area contributed by atoms with Gasteiger partial charge in [0.05, 0.1) is 11.8 Å². The van der Waals surface area contributed by atoms with Crippen LogP contribution in [-0.4, -0.2) is 79.0 Å². The minimum atomic E-state index is -3.18. The van der Waals surface area contributed by atoms with Gasteiger partial charge in [-0.3, -0.25) is 9.69 Å². The summed E-state index contributed by atoms with van der Waals surface area (Å²) in [6, 6.07) is 14.4. The fourth-order valence-electron chi connectivity index (χ4n) is 5.46. The predicted molar refractivity (Wildman–Crippen MR) is 144 cm³/mol. The molecule has 2 fully saturated rings. The molecular weight excluding hydrogens is 488 g/mol. The van der Waals surface area contributed by atoms with Crippen molar-refractivity contribution in [3.63, 3.8) is 0 Å². The molecule has 5 rings (SSSR count). The monoisotopic (exact) mass is 526 g/mol. The Hall–Kier alpha value is -2.46. The number of amides is 1. The lowest BCUT2D eigenvalue weighted by atomic mass is 10.1. The summed E-state index contributed by atoms with van der Waals surface area (Å²) in [4.78, 5) is 17.3. The Morgan fingerprint density at radius 1 is 1.03 bits per heavy atom. The molecule has 8 nitrogen and oxygen atoms in total. The van der Waals surface area contributed by atoms with Crippen LogP contribution in [0.15, 0.2) is 42.5 Å². The first kappa shape index (κ1) is 26.2. The first-order valence-electron chi connectivity index (χ1n) is 13.4. The minimum absolute atomic E-state index is 0.112. The van der Waals surface area contributed by atoms with Gasteiger partial charge in [0, 0.05) is 56.4 Å². The molecule has 0 radical (unpaired) electrons. The van der Waals surface area contributed by atoms with Crippen LogP contribution in [0, 0.1) is 0 Å². The van der Waals surface area contributed by atoms with Gasteiger partial charge >= 0.3 is 0 Å². The number of carbonyl (C=O) groups excluding carboxylic acids is 1. The summed E-state index contributed by atoms with van der Waals surface area (Å²) in [5, 5.41) is 3.03. The van der Waals surface area contributed by atoms with Crippen LogP contribution < -0.4 is 10.1 Å². The predicted octanol–water partition coefficient (Wildman–Crippen LogP) is 2.83. The number of ether oxygens (including phenoxy) is 1. The number of piperidine rings is 1. The van der Waals surface area contributed by atoms with E-state index < -0.39 is 10.0 Å². The second-order valence-corrected chi connectivity index (χ2v) is 13.1. The van der Waals surface area contributed by atoms with Crippen LogP contribution in [0.25, 0.3) is 0 Å². The average Bonchev–Trinajstić information content (AvgIpc) is 3.26. The number of sulfonamides is 1. The van der Waals surface area contributed by atoms with Crippen molar-refractivity contribution in [2.24, 2.45) is 0 Å². The van der Waals surface area contributed by atoms with Crippen LogP contribution in [0.1, 0.15) is 53.7 Å². The highest BCUT2D eigenvalue weighted by molar-refractivity contribution is 7.89. The quantitative estimate of drug-likeness (QED) is 0.570. The molecule has 0 bridgehead atoms. The lowest BCUT2D eigenvalue weighted by Crippen LogP contribution is -2.49. The molecule has 3 heterocycles. The molecular formula is C28H38N4O4S. The molecule has 3 aliphatic heterocycles. The minimum Gasteiger partial charge on any atom is -0.489 e. The van der Waals surface area contributed by atoms with Gasteiger partial charge in [0.25, 0.3) is 5.91 Å². The summed E-state index contributed by atoms with van der Waals surface area (Å²) in [7, 11) is -3.18.